The topological polar surface area (TPSA) is 75.9 Å². The predicted octanol–water partition coefficient (Wildman–Crippen LogP) is 4.31. The molecule has 1 aliphatic heterocycles. The highest BCUT2D eigenvalue weighted by Gasteiger charge is 2.35. The number of nitrogens with zero attached hydrogens (tertiary/aromatic N) is 5. The summed E-state index contributed by atoms with van der Waals surface area (Å²) in [6, 6.07) is 3.34. The lowest BCUT2D eigenvalue weighted by Crippen LogP contribution is -2.51. The summed E-state index contributed by atoms with van der Waals surface area (Å²) in [5.41, 5.74) is -1.35. The van der Waals surface area contributed by atoms with Crippen molar-refractivity contribution in [3.8, 4) is 5.69 Å². The standard InChI is InChI=1S/C22H21F5N6O/c1-13-3-2-8-32(18(13)12-29-19-5-4-14(11-28-19)22(25,26)27)21(34)20-16(24)9-15(23)10-17(20)33-30-6-7-31-33/h4-7,9-11,13,18H,2-3,8,12H2,1H3,(H,28,29)/t13-,18?/m1/s1. The van der Waals surface area contributed by atoms with E-state index in [2.05, 4.69) is 20.5 Å². The Kier molecular flexibility index (Phi) is 6.49. The van der Waals surface area contributed by atoms with Gasteiger partial charge in [0.25, 0.3) is 5.91 Å². The van der Waals surface area contributed by atoms with Crippen LogP contribution < -0.4 is 5.32 Å². The summed E-state index contributed by atoms with van der Waals surface area (Å²) < 4.78 is 67.1. The molecule has 1 fully saturated rings. The predicted molar refractivity (Wildman–Crippen MR) is 112 cm³/mol. The molecule has 2 aromatic heterocycles. The van der Waals surface area contributed by atoms with Crippen LogP contribution in [-0.2, 0) is 6.18 Å². The van der Waals surface area contributed by atoms with E-state index in [-0.39, 0.29) is 29.5 Å². The van der Waals surface area contributed by atoms with E-state index in [1.54, 1.807) is 0 Å². The van der Waals surface area contributed by atoms with Gasteiger partial charge in [-0.05, 0) is 30.9 Å². The lowest BCUT2D eigenvalue weighted by molar-refractivity contribution is -0.137. The fraction of sp³-hybridized carbons (Fsp3) is 0.364. The molecular weight excluding hydrogens is 459 g/mol. The summed E-state index contributed by atoms with van der Waals surface area (Å²) in [7, 11) is 0. The van der Waals surface area contributed by atoms with Crippen molar-refractivity contribution in [2.75, 3.05) is 18.4 Å². The second-order valence-corrected chi connectivity index (χ2v) is 8.10. The van der Waals surface area contributed by atoms with Crippen LogP contribution in [0.2, 0.25) is 0 Å². The van der Waals surface area contributed by atoms with E-state index in [1.807, 2.05) is 6.92 Å². The number of alkyl halides is 3. The average molecular weight is 480 g/mol. The molecule has 1 aromatic carbocycles. The van der Waals surface area contributed by atoms with Crippen molar-refractivity contribution in [1.29, 1.82) is 0 Å². The Hall–Kier alpha value is -3.57. The van der Waals surface area contributed by atoms with E-state index in [9.17, 15) is 26.7 Å². The van der Waals surface area contributed by atoms with Crippen molar-refractivity contribution in [2.45, 2.75) is 32.0 Å². The summed E-state index contributed by atoms with van der Waals surface area (Å²) in [5, 5.41) is 10.8. The third-order valence-electron chi connectivity index (χ3n) is 5.84. The molecule has 1 N–H and O–H groups in total. The third kappa shape index (κ3) is 4.85. The molecule has 180 valence electrons. The van der Waals surface area contributed by atoms with Gasteiger partial charge in [0.05, 0.1) is 24.0 Å². The molecule has 2 atom stereocenters. The normalized spacial score (nSPS) is 18.7. The van der Waals surface area contributed by atoms with Gasteiger partial charge in [0.2, 0.25) is 0 Å². The van der Waals surface area contributed by atoms with E-state index in [0.29, 0.717) is 19.0 Å². The molecule has 3 heterocycles. The van der Waals surface area contributed by atoms with Gasteiger partial charge in [0.15, 0.2) is 0 Å². The lowest BCUT2D eigenvalue weighted by Gasteiger charge is -2.40. The first-order valence-electron chi connectivity index (χ1n) is 10.6. The molecule has 0 bridgehead atoms. The fourth-order valence-corrected chi connectivity index (χ4v) is 4.10. The molecular formula is C22H21F5N6O. The molecule has 1 unspecified atom stereocenters. The van der Waals surface area contributed by atoms with Crippen molar-refractivity contribution in [2.24, 2.45) is 5.92 Å². The zero-order valence-corrected chi connectivity index (χ0v) is 18.1. The zero-order chi connectivity index (χ0) is 24.5. The maximum absolute atomic E-state index is 14.8. The summed E-state index contributed by atoms with van der Waals surface area (Å²) >= 11 is 0. The number of aromatic nitrogens is 4. The summed E-state index contributed by atoms with van der Waals surface area (Å²) in [4.78, 5) is 19.8. The first kappa shape index (κ1) is 23.6. The molecule has 3 aromatic rings. The van der Waals surface area contributed by atoms with Crippen molar-refractivity contribution < 1.29 is 26.7 Å². The number of hydrogen-bond donors (Lipinski definition) is 1. The fourth-order valence-electron chi connectivity index (χ4n) is 4.10. The van der Waals surface area contributed by atoms with Gasteiger partial charge in [-0.3, -0.25) is 4.79 Å². The second-order valence-electron chi connectivity index (χ2n) is 8.10. The summed E-state index contributed by atoms with van der Waals surface area (Å²) in [5.74, 6) is -2.34. The Bertz CT molecular complexity index is 1150. The minimum Gasteiger partial charge on any atom is -0.368 e. The van der Waals surface area contributed by atoms with Gasteiger partial charge in [-0.25, -0.2) is 13.8 Å². The Morgan fingerprint density at radius 1 is 1.18 bits per heavy atom. The Morgan fingerprint density at radius 3 is 2.56 bits per heavy atom. The van der Waals surface area contributed by atoms with Gasteiger partial charge in [0.1, 0.15) is 28.7 Å². The number of pyridine rings is 1. The lowest BCUT2D eigenvalue weighted by atomic mass is 9.90. The second kappa shape index (κ2) is 9.35. The number of halogens is 5. The summed E-state index contributed by atoms with van der Waals surface area (Å²) in [6.07, 6.45) is 0.365. The molecule has 4 rings (SSSR count). The number of nitrogens with one attached hydrogen (secondary N) is 1. The molecule has 1 amide bonds. The van der Waals surface area contributed by atoms with Crippen LogP contribution >= 0.6 is 0 Å². The van der Waals surface area contributed by atoms with Crippen LogP contribution in [0.3, 0.4) is 0 Å². The highest BCUT2D eigenvalue weighted by molar-refractivity contribution is 5.98. The van der Waals surface area contributed by atoms with Crippen molar-refractivity contribution in [1.82, 2.24) is 24.9 Å². The first-order valence-corrected chi connectivity index (χ1v) is 10.6. The van der Waals surface area contributed by atoms with Gasteiger partial charge in [0, 0.05) is 31.4 Å². The Labute approximate surface area is 191 Å². The van der Waals surface area contributed by atoms with Crippen LogP contribution in [0.15, 0.2) is 42.9 Å². The molecule has 34 heavy (non-hydrogen) atoms. The van der Waals surface area contributed by atoms with Gasteiger partial charge >= 0.3 is 6.18 Å². The highest BCUT2D eigenvalue weighted by atomic mass is 19.4. The van der Waals surface area contributed by atoms with Gasteiger partial charge in [-0.1, -0.05) is 6.92 Å². The molecule has 1 saturated heterocycles. The van der Waals surface area contributed by atoms with Crippen LogP contribution in [0.4, 0.5) is 27.8 Å². The van der Waals surface area contributed by atoms with E-state index in [4.69, 9.17) is 0 Å². The van der Waals surface area contributed by atoms with E-state index in [1.165, 1.54) is 23.4 Å². The number of carbonyl (C=O) groups is 1. The zero-order valence-electron chi connectivity index (χ0n) is 18.1. The number of carbonyl (C=O) groups excluding carboxylic acids is 1. The maximum atomic E-state index is 14.8. The first-order chi connectivity index (χ1) is 16.1. The van der Waals surface area contributed by atoms with Crippen molar-refractivity contribution in [3.63, 3.8) is 0 Å². The number of piperidine rings is 1. The number of hydrogen-bond acceptors (Lipinski definition) is 5. The quantitative estimate of drug-likeness (QED) is 0.551. The van der Waals surface area contributed by atoms with Gasteiger partial charge < -0.3 is 10.2 Å². The monoisotopic (exact) mass is 480 g/mol. The van der Waals surface area contributed by atoms with Crippen LogP contribution in [-0.4, -0.2) is 49.9 Å². The van der Waals surface area contributed by atoms with Crippen LogP contribution in [0, 0.1) is 17.6 Å². The number of rotatable bonds is 5. The number of amides is 1. The van der Waals surface area contributed by atoms with E-state index in [0.717, 1.165) is 29.5 Å². The van der Waals surface area contributed by atoms with Crippen molar-refractivity contribution >= 4 is 11.7 Å². The molecule has 1 aliphatic rings. The number of likely N-dealkylation sites (tertiary alicyclic amines) is 1. The molecule has 0 saturated carbocycles. The molecule has 0 aliphatic carbocycles. The minimum absolute atomic E-state index is 0.00874. The Morgan fingerprint density at radius 2 is 1.91 bits per heavy atom. The molecule has 7 nitrogen and oxygen atoms in total. The van der Waals surface area contributed by atoms with E-state index >= 15 is 0 Å². The number of anilines is 1. The third-order valence-corrected chi connectivity index (χ3v) is 5.84. The van der Waals surface area contributed by atoms with E-state index < -0.39 is 35.3 Å². The largest absolute Gasteiger partial charge is 0.417 e. The number of benzene rings is 1. The average Bonchev–Trinajstić information content (AvgIpc) is 3.32. The van der Waals surface area contributed by atoms with Crippen molar-refractivity contribution in [3.05, 3.63) is 65.6 Å². The van der Waals surface area contributed by atoms with Crippen LogP contribution in [0.1, 0.15) is 35.7 Å². The molecule has 0 spiro atoms. The minimum atomic E-state index is -4.49. The van der Waals surface area contributed by atoms with Gasteiger partial charge in [-0.2, -0.15) is 28.2 Å². The smallest absolute Gasteiger partial charge is 0.368 e. The molecule has 12 heteroatoms. The Balaban J connectivity index is 1.59. The van der Waals surface area contributed by atoms with Crippen LogP contribution in [0.25, 0.3) is 5.69 Å². The van der Waals surface area contributed by atoms with Gasteiger partial charge in [-0.15, -0.1) is 0 Å². The summed E-state index contributed by atoms with van der Waals surface area (Å²) in [6.45, 7) is 2.45. The highest BCUT2D eigenvalue weighted by Crippen LogP contribution is 2.30. The SMILES string of the molecule is C[C@@H]1CCCN(C(=O)c2c(F)cc(F)cc2-n2nccn2)C1CNc1ccc(C(F)(F)F)cn1. The molecule has 0 radical (unpaired) electrons. The maximum Gasteiger partial charge on any atom is 0.417 e. The van der Waals surface area contributed by atoms with Crippen LogP contribution in [0.5, 0.6) is 0 Å².